The molecule has 0 bridgehead atoms. The Balaban J connectivity index is 1.66. The number of Topliss-reactive ketones (excluding diaryl/α,β-unsaturated/α-hetero) is 1. The molecule has 0 N–H and O–H groups in total. The highest BCUT2D eigenvalue weighted by Crippen LogP contribution is 2.29. The molecule has 0 aliphatic carbocycles. The number of ether oxygens (including phenoxy) is 1. The smallest absolute Gasteiger partial charge is 0.277 e. The molecule has 3 rings (SSSR count). The van der Waals surface area contributed by atoms with Crippen LogP contribution in [0, 0.1) is 0 Å². The number of carbonyl (C=O) groups excluding carboxylic acids is 1. The van der Waals surface area contributed by atoms with E-state index in [4.69, 9.17) is 9.15 Å². The fourth-order valence-electron chi connectivity index (χ4n) is 2.81. The zero-order valence-corrected chi connectivity index (χ0v) is 18.2. The zero-order valence-electron chi connectivity index (χ0n) is 17.4. The summed E-state index contributed by atoms with van der Waals surface area (Å²) < 4.78 is 11.2. The number of thioether (sulfide) groups is 1. The minimum atomic E-state index is -0.330. The van der Waals surface area contributed by atoms with Gasteiger partial charge in [-0.05, 0) is 49.1 Å². The van der Waals surface area contributed by atoms with Crippen molar-refractivity contribution < 1.29 is 13.9 Å². The van der Waals surface area contributed by atoms with Crippen LogP contribution in [-0.4, -0.2) is 27.8 Å². The lowest BCUT2D eigenvalue weighted by Crippen LogP contribution is -2.15. The minimum Gasteiger partial charge on any atom is -0.494 e. The Kier molecular flexibility index (Phi) is 6.42. The highest BCUT2D eigenvalue weighted by Gasteiger charge is 2.21. The number of aromatic nitrogens is 2. The summed E-state index contributed by atoms with van der Waals surface area (Å²) >= 11 is 1.27. The molecule has 6 heteroatoms. The standard InChI is InChI=1S/C23H26N2O3S/c1-6-27-19-13-9-17(10-14-19)21-24-25-22(28-21)29-15(2)20(26)16-7-11-18(12-8-16)23(3,4)5/h7-15H,6H2,1-5H3/t15-/m1/s1. The van der Waals surface area contributed by atoms with Crippen LogP contribution in [0.2, 0.25) is 0 Å². The lowest BCUT2D eigenvalue weighted by molar-refractivity contribution is 0.0993. The largest absolute Gasteiger partial charge is 0.494 e. The van der Waals surface area contributed by atoms with Crippen LogP contribution >= 0.6 is 11.8 Å². The van der Waals surface area contributed by atoms with Gasteiger partial charge >= 0.3 is 0 Å². The second-order valence-corrected chi connectivity index (χ2v) is 9.07. The molecule has 0 radical (unpaired) electrons. The Morgan fingerprint density at radius 1 is 1.07 bits per heavy atom. The van der Waals surface area contributed by atoms with Crippen LogP contribution in [0.25, 0.3) is 11.5 Å². The number of hydrogen-bond donors (Lipinski definition) is 0. The fourth-order valence-corrected chi connectivity index (χ4v) is 3.57. The van der Waals surface area contributed by atoms with Gasteiger partial charge in [0, 0.05) is 11.1 Å². The summed E-state index contributed by atoms with van der Waals surface area (Å²) in [4.78, 5) is 12.8. The zero-order chi connectivity index (χ0) is 21.0. The van der Waals surface area contributed by atoms with Gasteiger partial charge in [0.2, 0.25) is 5.89 Å². The first-order chi connectivity index (χ1) is 13.8. The summed E-state index contributed by atoms with van der Waals surface area (Å²) in [5.41, 5.74) is 2.75. The SMILES string of the molecule is CCOc1ccc(-c2nnc(S[C@H](C)C(=O)c3ccc(C(C)(C)C)cc3)o2)cc1. The molecule has 3 aromatic rings. The summed E-state index contributed by atoms with van der Waals surface area (Å²) in [6, 6.07) is 15.3. The maximum absolute atomic E-state index is 12.8. The van der Waals surface area contributed by atoms with E-state index in [0.29, 0.717) is 23.3 Å². The van der Waals surface area contributed by atoms with E-state index in [9.17, 15) is 4.79 Å². The molecule has 29 heavy (non-hydrogen) atoms. The van der Waals surface area contributed by atoms with Gasteiger partial charge in [-0.25, -0.2) is 0 Å². The average molecular weight is 411 g/mol. The van der Waals surface area contributed by atoms with Gasteiger partial charge in [-0.3, -0.25) is 4.79 Å². The van der Waals surface area contributed by atoms with Gasteiger partial charge in [-0.15, -0.1) is 10.2 Å². The molecule has 0 saturated heterocycles. The van der Waals surface area contributed by atoms with E-state index < -0.39 is 0 Å². The molecule has 0 fully saturated rings. The van der Waals surface area contributed by atoms with Crippen LogP contribution in [0.4, 0.5) is 0 Å². The van der Waals surface area contributed by atoms with Gasteiger partial charge in [0.1, 0.15) is 5.75 Å². The number of nitrogens with zero attached hydrogens (tertiary/aromatic N) is 2. The molecule has 1 aromatic heterocycles. The van der Waals surface area contributed by atoms with Crippen LogP contribution in [0.3, 0.4) is 0 Å². The van der Waals surface area contributed by atoms with Crippen molar-refractivity contribution in [3.8, 4) is 17.2 Å². The Morgan fingerprint density at radius 2 is 1.72 bits per heavy atom. The highest BCUT2D eigenvalue weighted by atomic mass is 32.2. The molecule has 1 heterocycles. The van der Waals surface area contributed by atoms with Crippen LogP contribution in [-0.2, 0) is 5.41 Å². The molecule has 0 amide bonds. The maximum Gasteiger partial charge on any atom is 0.277 e. The van der Waals surface area contributed by atoms with Crippen molar-refractivity contribution in [1.82, 2.24) is 10.2 Å². The van der Waals surface area contributed by atoms with E-state index >= 15 is 0 Å². The third kappa shape index (κ3) is 5.26. The van der Waals surface area contributed by atoms with Crippen molar-refractivity contribution in [2.45, 2.75) is 50.5 Å². The quantitative estimate of drug-likeness (QED) is 0.362. The van der Waals surface area contributed by atoms with Crippen molar-refractivity contribution in [2.75, 3.05) is 6.61 Å². The van der Waals surface area contributed by atoms with Crippen molar-refractivity contribution in [2.24, 2.45) is 0 Å². The van der Waals surface area contributed by atoms with E-state index in [1.165, 1.54) is 17.3 Å². The molecular formula is C23H26N2O3S. The first kappa shape index (κ1) is 21.1. The van der Waals surface area contributed by atoms with Crippen molar-refractivity contribution in [1.29, 1.82) is 0 Å². The summed E-state index contributed by atoms with van der Waals surface area (Å²) in [6.07, 6.45) is 0. The third-order valence-electron chi connectivity index (χ3n) is 4.50. The number of ketones is 1. The van der Waals surface area contributed by atoms with Crippen molar-refractivity contribution in [3.05, 3.63) is 59.7 Å². The van der Waals surface area contributed by atoms with E-state index in [1.54, 1.807) is 0 Å². The van der Waals surface area contributed by atoms with Crippen molar-refractivity contribution in [3.63, 3.8) is 0 Å². The van der Waals surface area contributed by atoms with Gasteiger partial charge in [0.05, 0.1) is 11.9 Å². The lowest BCUT2D eigenvalue weighted by atomic mass is 9.86. The first-order valence-corrected chi connectivity index (χ1v) is 10.5. The predicted octanol–water partition coefficient (Wildman–Crippen LogP) is 5.80. The minimum absolute atomic E-state index is 0.0382. The van der Waals surface area contributed by atoms with E-state index in [1.807, 2.05) is 62.4 Å². The van der Waals surface area contributed by atoms with E-state index in [2.05, 4.69) is 31.0 Å². The molecule has 0 aliphatic heterocycles. The van der Waals surface area contributed by atoms with Crippen LogP contribution in [0.1, 0.15) is 50.5 Å². The number of rotatable bonds is 7. The molecule has 1 atom stereocenters. The molecule has 0 unspecified atom stereocenters. The molecule has 0 saturated carbocycles. The predicted molar refractivity (Wildman–Crippen MR) is 116 cm³/mol. The van der Waals surface area contributed by atoms with Gasteiger partial charge in [0.25, 0.3) is 5.22 Å². The topological polar surface area (TPSA) is 65.2 Å². The second kappa shape index (κ2) is 8.82. The lowest BCUT2D eigenvalue weighted by Gasteiger charge is -2.19. The van der Waals surface area contributed by atoms with E-state index in [0.717, 1.165) is 11.3 Å². The molecule has 0 spiro atoms. The summed E-state index contributed by atoms with van der Waals surface area (Å²) in [6.45, 7) is 10.9. The summed E-state index contributed by atoms with van der Waals surface area (Å²) in [7, 11) is 0. The molecule has 152 valence electrons. The monoisotopic (exact) mass is 410 g/mol. The number of carbonyl (C=O) groups is 1. The van der Waals surface area contributed by atoms with Gasteiger partial charge in [-0.1, -0.05) is 56.8 Å². The maximum atomic E-state index is 12.8. The van der Waals surface area contributed by atoms with Gasteiger partial charge in [-0.2, -0.15) is 0 Å². The summed E-state index contributed by atoms with van der Waals surface area (Å²) in [5, 5.41) is 8.22. The van der Waals surface area contributed by atoms with Crippen LogP contribution in [0.5, 0.6) is 5.75 Å². The third-order valence-corrected chi connectivity index (χ3v) is 5.44. The Hall–Kier alpha value is -2.60. The second-order valence-electron chi connectivity index (χ2n) is 7.78. The average Bonchev–Trinajstić information content (AvgIpc) is 3.16. The summed E-state index contributed by atoms with van der Waals surface area (Å²) in [5.74, 6) is 1.25. The Labute approximate surface area is 175 Å². The van der Waals surface area contributed by atoms with E-state index in [-0.39, 0.29) is 16.4 Å². The fraction of sp³-hybridized carbons (Fsp3) is 0.348. The number of benzene rings is 2. The van der Waals surface area contributed by atoms with Crippen molar-refractivity contribution >= 4 is 17.5 Å². The highest BCUT2D eigenvalue weighted by molar-refractivity contribution is 8.00. The Bertz CT molecular complexity index is 957. The molecule has 2 aromatic carbocycles. The molecule has 5 nitrogen and oxygen atoms in total. The van der Waals surface area contributed by atoms with Crippen LogP contribution < -0.4 is 4.74 Å². The first-order valence-electron chi connectivity index (χ1n) is 9.66. The van der Waals surface area contributed by atoms with Gasteiger partial charge in [0.15, 0.2) is 5.78 Å². The Morgan fingerprint density at radius 3 is 2.31 bits per heavy atom. The molecule has 0 aliphatic rings. The van der Waals surface area contributed by atoms with Crippen LogP contribution in [0.15, 0.2) is 58.2 Å². The molecular weight excluding hydrogens is 384 g/mol. The van der Waals surface area contributed by atoms with Gasteiger partial charge < -0.3 is 9.15 Å². The normalized spacial score (nSPS) is 12.6. The number of hydrogen-bond acceptors (Lipinski definition) is 6.